The van der Waals surface area contributed by atoms with Crippen LogP contribution in [-0.4, -0.2) is 38.7 Å². The average molecular weight is 427 g/mol. The number of nitrogens with one attached hydrogen (secondary N) is 2. The fourth-order valence-electron chi connectivity index (χ4n) is 1.85. The first-order valence-corrected chi connectivity index (χ1v) is 8.19. The van der Waals surface area contributed by atoms with Crippen molar-refractivity contribution in [1.82, 2.24) is 10.6 Å². The second-order valence-electron chi connectivity index (χ2n) is 5.61. The normalized spacial score (nSPS) is 11.0. The molecule has 0 aromatic rings. The fourth-order valence-corrected chi connectivity index (χ4v) is 1.85. The maximum Gasteiger partial charge on any atom is 0.305 e. The number of unbranched alkanes of at least 4 members (excludes halogenated alkanes) is 3. The van der Waals surface area contributed by atoms with E-state index < -0.39 is 0 Å². The van der Waals surface area contributed by atoms with Crippen molar-refractivity contribution in [1.29, 1.82) is 0 Å². The van der Waals surface area contributed by atoms with Crippen LogP contribution in [0.25, 0.3) is 0 Å². The number of rotatable bonds is 11. The summed E-state index contributed by atoms with van der Waals surface area (Å²) in [5, 5.41) is 6.61. The summed E-state index contributed by atoms with van der Waals surface area (Å²) < 4.78 is 4.61. The van der Waals surface area contributed by atoms with Crippen molar-refractivity contribution in [3.8, 4) is 0 Å². The van der Waals surface area contributed by atoms with E-state index >= 15 is 0 Å². The molecule has 0 aliphatic carbocycles. The molecule has 0 aliphatic heterocycles. The molecule has 0 aromatic carbocycles. The number of carbonyl (C=O) groups excluding carboxylic acids is 1. The van der Waals surface area contributed by atoms with E-state index in [1.807, 2.05) is 0 Å². The number of halogens is 1. The number of hydrogen-bond donors (Lipinski definition) is 2. The zero-order valence-electron chi connectivity index (χ0n) is 14.6. The Morgan fingerprint density at radius 2 is 1.82 bits per heavy atom. The van der Waals surface area contributed by atoms with Gasteiger partial charge in [0.05, 0.1) is 7.11 Å². The van der Waals surface area contributed by atoms with Gasteiger partial charge in [-0.2, -0.15) is 0 Å². The Labute approximate surface area is 153 Å². The van der Waals surface area contributed by atoms with E-state index in [4.69, 9.17) is 0 Å². The van der Waals surface area contributed by atoms with E-state index in [1.165, 1.54) is 7.11 Å². The quantitative estimate of drug-likeness (QED) is 0.175. The molecule has 2 N–H and O–H groups in total. The lowest BCUT2D eigenvalue weighted by Gasteiger charge is -2.12. The standard InChI is InChI=1S/C16H33N3O2.HI/c1-5-17-16(19-13-11-14(2)3)18-12-9-7-6-8-10-15(20)21-4;/h14H,5-13H2,1-4H3,(H2,17,18,19);1H. The SMILES string of the molecule is CCNC(=NCCCCCCC(=O)OC)NCCC(C)C.I. The van der Waals surface area contributed by atoms with Crippen molar-refractivity contribution >= 4 is 35.9 Å². The van der Waals surface area contributed by atoms with Gasteiger partial charge in [0, 0.05) is 26.1 Å². The van der Waals surface area contributed by atoms with Crippen LogP contribution < -0.4 is 10.6 Å². The number of ether oxygens (including phenoxy) is 1. The Hall–Kier alpha value is -0.530. The van der Waals surface area contributed by atoms with E-state index in [2.05, 4.69) is 41.1 Å². The zero-order chi connectivity index (χ0) is 15.9. The number of guanidine groups is 1. The smallest absolute Gasteiger partial charge is 0.305 e. The van der Waals surface area contributed by atoms with Crippen molar-refractivity contribution in [3.05, 3.63) is 0 Å². The van der Waals surface area contributed by atoms with Crippen molar-refractivity contribution in [2.24, 2.45) is 10.9 Å². The highest BCUT2D eigenvalue weighted by atomic mass is 127. The predicted molar refractivity (Wildman–Crippen MR) is 104 cm³/mol. The van der Waals surface area contributed by atoms with Crippen LogP contribution in [0, 0.1) is 5.92 Å². The second kappa shape index (κ2) is 16.8. The highest BCUT2D eigenvalue weighted by Crippen LogP contribution is 2.04. The average Bonchev–Trinajstić information content (AvgIpc) is 2.45. The molecule has 0 radical (unpaired) electrons. The highest BCUT2D eigenvalue weighted by molar-refractivity contribution is 14.0. The molecule has 0 amide bonds. The lowest BCUT2D eigenvalue weighted by atomic mass is 10.1. The Balaban J connectivity index is 0. The Kier molecular flexibility index (Phi) is 18.2. The van der Waals surface area contributed by atoms with Crippen LogP contribution in [0.1, 0.15) is 59.3 Å². The van der Waals surface area contributed by atoms with Gasteiger partial charge in [-0.15, -0.1) is 24.0 Å². The Bertz CT molecular complexity index is 297. The van der Waals surface area contributed by atoms with Gasteiger partial charge in [0.1, 0.15) is 0 Å². The second-order valence-corrected chi connectivity index (χ2v) is 5.61. The van der Waals surface area contributed by atoms with Gasteiger partial charge in [0.15, 0.2) is 5.96 Å². The largest absolute Gasteiger partial charge is 0.469 e. The summed E-state index contributed by atoms with van der Waals surface area (Å²) in [7, 11) is 1.44. The van der Waals surface area contributed by atoms with Gasteiger partial charge >= 0.3 is 5.97 Å². The lowest BCUT2D eigenvalue weighted by Crippen LogP contribution is -2.38. The summed E-state index contributed by atoms with van der Waals surface area (Å²) in [4.78, 5) is 15.5. The molecule has 0 rings (SSSR count). The molecule has 6 heteroatoms. The van der Waals surface area contributed by atoms with Crippen LogP contribution in [0.3, 0.4) is 0 Å². The first-order valence-electron chi connectivity index (χ1n) is 8.19. The first-order chi connectivity index (χ1) is 10.1. The number of hydrogen-bond acceptors (Lipinski definition) is 3. The number of aliphatic imine (C=N–C) groups is 1. The van der Waals surface area contributed by atoms with E-state index in [9.17, 15) is 4.79 Å². The third kappa shape index (κ3) is 15.9. The minimum absolute atomic E-state index is 0. The molecule has 132 valence electrons. The third-order valence-corrected chi connectivity index (χ3v) is 3.14. The molecular weight excluding hydrogens is 393 g/mol. The topological polar surface area (TPSA) is 62.7 Å². The summed E-state index contributed by atoms with van der Waals surface area (Å²) in [5.74, 6) is 1.50. The monoisotopic (exact) mass is 427 g/mol. The van der Waals surface area contributed by atoms with Gasteiger partial charge in [-0.3, -0.25) is 9.79 Å². The number of carbonyl (C=O) groups is 1. The van der Waals surface area contributed by atoms with Crippen LogP contribution in [0.5, 0.6) is 0 Å². The van der Waals surface area contributed by atoms with Gasteiger partial charge in [-0.1, -0.05) is 26.7 Å². The molecule has 0 saturated carbocycles. The highest BCUT2D eigenvalue weighted by Gasteiger charge is 2.00. The van der Waals surface area contributed by atoms with Crippen molar-refractivity contribution in [2.75, 3.05) is 26.7 Å². The van der Waals surface area contributed by atoms with Gasteiger partial charge in [0.25, 0.3) is 0 Å². The maximum absolute atomic E-state index is 10.9. The molecule has 5 nitrogen and oxygen atoms in total. The van der Waals surface area contributed by atoms with Crippen molar-refractivity contribution in [2.45, 2.75) is 59.3 Å². The summed E-state index contributed by atoms with van der Waals surface area (Å²) in [6.45, 7) is 9.19. The third-order valence-electron chi connectivity index (χ3n) is 3.14. The molecule has 0 atom stereocenters. The molecule has 0 bridgehead atoms. The van der Waals surface area contributed by atoms with Gasteiger partial charge in [-0.05, 0) is 32.1 Å². The number of methoxy groups -OCH3 is 1. The minimum Gasteiger partial charge on any atom is -0.469 e. The van der Waals surface area contributed by atoms with Crippen LogP contribution in [0.4, 0.5) is 0 Å². The summed E-state index contributed by atoms with van der Waals surface area (Å²) in [6, 6.07) is 0. The molecule has 0 heterocycles. The Morgan fingerprint density at radius 1 is 1.14 bits per heavy atom. The van der Waals surface area contributed by atoms with Crippen LogP contribution in [-0.2, 0) is 9.53 Å². The molecule has 0 spiro atoms. The van der Waals surface area contributed by atoms with Crippen molar-refractivity contribution < 1.29 is 9.53 Å². The van der Waals surface area contributed by atoms with Crippen LogP contribution >= 0.6 is 24.0 Å². The number of esters is 1. The Morgan fingerprint density at radius 3 is 2.41 bits per heavy atom. The van der Waals surface area contributed by atoms with E-state index in [0.717, 1.165) is 57.7 Å². The van der Waals surface area contributed by atoms with Gasteiger partial charge in [-0.25, -0.2) is 0 Å². The summed E-state index contributed by atoms with van der Waals surface area (Å²) in [6.07, 6.45) is 5.80. The molecule has 0 saturated heterocycles. The molecule has 0 aromatic heterocycles. The fraction of sp³-hybridized carbons (Fsp3) is 0.875. The van der Waals surface area contributed by atoms with E-state index in [-0.39, 0.29) is 29.9 Å². The first kappa shape index (κ1) is 23.7. The molecule has 0 unspecified atom stereocenters. The van der Waals surface area contributed by atoms with Crippen LogP contribution in [0.2, 0.25) is 0 Å². The van der Waals surface area contributed by atoms with Crippen molar-refractivity contribution in [3.63, 3.8) is 0 Å². The molecule has 0 fully saturated rings. The van der Waals surface area contributed by atoms with E-state index in [0.29, 0.717) is 12.3 Å². The molecule has 0 aliphatic rings. The lowest BCUT2D eigenvalue weighted by molar-refractivity contribution is -0.140. The zero-order valence-corrected chi connectivity index (χ0v) is 16.9. The van der Waals surface area contributed by atoms with Gasteiger partial charge < -0.3 is 15.4 Å². The van der Waals surface area contributed by atoms with E-state index in [1.54, 1.807) is 0 Å². The van der Waals surface area contributed by atoms with Crippen LogP contribution in [0.15, 0.2) is 4.99 Å². The minimum atomic E-state index is -0.114. The van der Waals surface area contributed by atoms with Gasteiger partial charge in [0.2, 0.25) is 0 Å². The molecule has 22 heavy (non-hydrogen) atoms. The summed E-state index contributed by atoms with van der Waals surface area (Å²) >= 11 is 0. The summed E-state index contributed by atoms with van der Waals surface area (Å²) in [5.41, 5.74) is 0. The molecular formula is C16H34IN3O2. The maximum atomic E-state index is 10.9. The number of nitrogens with zero attached hydrogens (tertiary/aromatic N) is 1. The predicted octanol–water partition coefficient (Wildman–Crippen LogP) is 3.33.